The molecule has 1 amide bonds. The lowest BCUT2D eigenvalue weighted by Crippen LogP contribution is -2.16. The Balaban J connectivity index is 1.44. The third kappa shape index (κ3) is 6.37. The first-order valence-electron chi connectivity index (χ1n) is 11.6. The maximum atomic E-state index is 12.6. The molecule has 36 heavy (non-hydrogen) atoms. The zero-order valence-electron chi connectivity index (χ0n) is 20.3. The van der Waals surface area contributed by atoms with Crippen LogP contribution in [-0.4, -0.2) is 25.3 Å². The molecule has 0 aliphatic rings. The zero-order valence-corrected chi connectivity index (χ0v) is 22.5. The summed E-state index contributed by atoms with van der Waals surface area (Å²) in [6.45, 7) is 7.38. The van der Waals surface area contributed by atoms with Gasteiger partial charge in [-0.3, -0.25) is 4.79 Å². The van der Waals surface area contributed by atoms with Gasteiger partial charge in [0.1, 0.15) is 17.9 Å². The first kappa shape index (κ1) is 25.6. The van der Waals surface area contributed by atoms with Crippen molar-refractivity contribution in [2.24, 2.45) is 5.10 Å². The minimum absolute atomic E-state index is 0.167. The van der Waals surface area contributed by atoms with Gasteiger partial charge in [-0.05, 0) is 90.9 Å². The van der Waals surface area contributed by atoms with Crippen molar-refractivity contribution in [3.8, 4) is 17.2 Å². The van der Waals surface area contributed by atoms with Gasteiger partial charge in [-0.2, -0.15) is 5.10 Å². The first-order chi connectivity index (χ1) is 17.5. The van der Waals surface area contributed by atoms with Gasteiger partial charge in [0, 0.05) is 5.39 Å². The topological polar surface area (TPSA) is 82.3 Å². The van der Waals surface area contributed by atoms with Crippen LogP contribution in [0.5, 0.6) is 17.2 Å². The highest BCUT2D eigenvalue weighted by atomic mass is 127. The Morgan fingerprint density at radius 1 is 1.00 bits per heavy atom. The van der Waals surface area contributed by atoms with E-state index in [1.165, 1.54) is 5.56 Å². The molecule has 8 heteroatoms. The van der Waals surface area contributed by atoms with Gasteiger partial charge in [0.15, 0.2) is 17.3 Å². The number of aryl methyl sites for hydroxylation is 1. The van der Waals surface area contributed by atoms with Crippen LogP contribution in [0, 0.1) is 10.5 Å². The Hall–Kier alpha value is -3.53. The van der Waals surface area contributed by atoms with E-state index in [0.717, 1.165) is 25.8 Å². The smallest absolute Gasteiger partial charge is 0.307 e. The number of ether oxygens (including phenoxy) is 3. The maximum Gasteiger partial charge on any atom is 0.307 e. The quantitative estimate of drug-likeness (QED) is 0.128. The van der Waals surface area contributed by atoms with Crippen molar-refractivity contribution in [1.29, 1.82) is 0 Å². The van der Waals surface area contributed by atoms with Gasteiger partial charge < -0.3 is 18.6 Å². The Morgan fingerprint density at radius 3 is 2.53 bits per heavy atom. The number of fused-ring (bicyclic) bond motifs is 1. The Labute approximate surface area is 223 Å². The number of furan rings is 1. The summed E-state index contributed by atoms with van der Waals surface area (Å²) < 4.78 is 23.9. The lowest BCUT2D eigenvalue weighted by molar-refractivity contribution is 0.0929. The van der Waals surface area contributed by atoms with E-state index in [1.807, 2.05) is 44.2 Å². The van der Waals surface area contributed by atoms with E-state index in [-0.39, 0.29) is 5.76 Å². The van der Waals surface area contributed by atoms with E-state index in [1.54, 1.807) is 24.4 Å². The Kier molecular flexibility index (Phi) is 8.48. The fourth-order valence-electron chi connectivity index (χ4n) is 3.52. The molecule has 4 aromatic rings. The molecular weight excluding hydrogens is 571 g/mol. The lowest BCUT2D eigenvalue weighted by Gasteiger charge is -2.15. The van der Waals surface area contributed by atoms with Gasteiger partial charge in [-0.1, -0.05) is 29.8 Å². The summed E-state index contributed by atoms with van der Waals surface area (Å²) >= 11 is 2.21. The van der Waals surface area contributed by atoms with Crippen LogP contribution in [0.1, 0.15) is 41.1 Å². The van der Waals surface area contributed by atoms with Crippen molar-refractivity contribution >= 4 is 45.7 Å². The van der Waals surface area contributed by atoms with E-state index in [9.17, 15) is 4.79 Å². The van der Waals surface area contributed by atoms with Crippen molar-refractivity contribution < 1.29 is 23.4 Å². The summed E-state index contributed by atoms with van der Waals surface area (Å²) in [5, 5.41) is 4.88. The van der Waals surface area contributed by atoms with Crippen LogP contribution in [0.2, 0.25) is 0 Å². The van der Waals surface area contributed by atoms with Crippen LogP contribution in [0.3, 0.4) is 0 Å². The number of benzene rings is 3. The zero-order chi connectivity index (χ0) is 25.5. The van der Waals surface area contributed by atoms with Gasteiger partial charge in [-0.25, -0.2) is 5.43 Å². The highest BCUT2D eigenvalue weighted by Gasteiger charge is 2.14. The minimum atomic E-state index is -0.446. The molecule has 1 aromatic heterocycles. The van der Waals surface area contributed by atoms with Crippen molar-refractivity contribution in [2.75, 3.05) is 13.2 Å². The molecule has 0 unspecified atom stereocenters. The number of halogens is 1. The largest absolute Gasteiger partial charge is 0.494 e. The number of hydrazone groups is 1. The SMILES string of the molecule is CCOc1ccc2oc(C(=O)N/N=C/c3cc(I)c(OCc4ccc(C)cc4)c(OCC)c3)cc2c1. The average molecular weight is 598 g/mol. The number of rotatable bonds is 10. The monoisotopic (exact) mass is 598 g/mol. The normalized spacial score (nSPS) is 11.1. The number of nitrogens with one attached hydrogen (secondary N) is 1. The summed E-state index contributed by atoms with van der Waals surface area (Å²) in [5.41, 5.74) is 6.16. The lowest BCUT2D eigenvalue weighted by atomic mass is 10.2. The molecule has 0 spiro atoms. The van der Waals surface area contributed by atoms with Gasteiger partial charge >= 0.3 is 5.91 Å². The second-order valence-electron chi connectivity index (χ2n) is 7.98. The van der Waals surface area contributed by atoms with Crippen LogP contribution in [-0.2, 0) is 6.61 Å². The molecule has 1 heterocycles. The fourth-order valence-corrected chi connectivity index (χ4v) is 4.30. The molecule has 186 valence electrons. The van der Waals surface area contributed by atoms with Crippen molar-refractivity contribution in [1.82, 2.24) is 5.43 Å². The molecule has 0 aliphatic carbocycles. The number of hydrogen-bond acceptors (Lipinski definition) is 6. The molecule has 0 aliphatic heterocycles. The second kappa shape index (κ2) is 11.9. The molecule has 0 atom stereocenters. The molecule has 0 bridgehead atoms. The average Bonchev–Trinajstić information content (AvgIpc) is 3.29. The van der Waals surface area contributed by atoms with Gasteiger partial charge in [-0.15, -0.1) is 0 Å². The molecule has 0 saturated carbocycles. The minimum Gasteiger partial charge on any atom is -0.494 e. The summed E-state index contributed by atoms with van der Waals surface area (Å²) in [6, 6.07) is 19.1. The van der Waals surface area contributed by atoms with Gasteiger partial charge in [0.05, 0.1) is 23.0 Å². The molecule has 0 radical (unpaired) electrons. The molecule has 0 saturated heterocycles. The molecule has 3 aromatic carbocycles. The number of carbonyl (C=O) groups is 1. The first-order valence-corrected chi connectivity index (χ1v) is 12.7. The fraction of sp³-hybridized carbons (Fsp3) is 0.214. The second-order valence-corrected chi connectivity index (χ2v) is 9.14. The number of carbonyl (C=O) groups excluding carboxylic acids is 1. The standard InChI is InChI=1S/C28H27IN2O5/c1-4-33-22-10-11-24-21(14-22)15-26(36-24)28(32)31-30-16-20-12-23(29)27(25(13-20)34-5-2)35-17-19-8-6-18(3)7-9-19/h6-16H,4-5,17H2,1-3H3,(H,31,32)/b30-16+. The Morgan fingerprint density at radius 2 is 1.78 bits per heavy atom. The third-order valence-corrected chi connectivity index (χ3v) is 6.04. The van der Waals surface area contributed by atoms with Crippen LogP contribution in [0.15, 0.2) is 70.2 Å². The van der Waals surface area contributed by atoms with Crippen LogP contribution in [0.4, 0.5) is 0 Å². The van der Waals surface area contributed by atoms with Crippen LogP contribution in [0.25, 0.3) is 11.0 Å². The molecule has 0 fully saturated rings. The molecule has 4 rings (SSSR count). The van der Waals surface area contributed by atoms with Crippen LogP contribution >= 0.6 is 22.6 Å². The number of amides is 1. The summed E-state index contributed by atoms with van der Waals surface area (Å²) in [5.74, 6) is 1.74. The molecule has 1 N–H and O–H groups in total. The Bertz CT molecular complexity index is 1380. The van der Waals surface area contributed by atoms with Gasteiger partial charge in [0.2, 0.25) is 0 Å². The molecular formula is C28H27IN2O5. The predicted octanol–water partition coefficient (Wildman–Crippen LogP) is 6.49. The van der Waals surface area contributed by atoms with Gasteiger partial charge in [0.25, 0.3) is 0 Å². The van der Waals surface area contributed by atoms with Crippen molar-refractivity contribution in [3.63, 3.8) is 0 Å². The molecule has 7 nitrogen and oxygen atoms in total. The predicted molar refractivity (Wildman–Crippen MR) is 148 cm³/mol. The highest BCUT2D eigenvalue weighted by Crippen LogP contribution is 2.34. The summed E-state index contributed by atoms with van der Waals surface area (Å²) in [6.07, 6.45) is 1.56. The van der Waals surface area contributed by atoms with E-state index < -0.39 is 5.91 Å². The van der Waals surface area contributed by atoms with Crippen molar-refractivity contribution in [3.05, 3.63) is 86.7 Å². The third-order valence-electron chi connectivity index (χ3n) is 5.24. The summed E-state index contributed by atoms with van der Waals surface area (Å²) in [4.78, 5) is 12.6. The summed E-state index contributed by atoms with van der Waals surface area (Å²) in [7, 11) is 0. The van der Waals surface area contributed by atoms with E-state index in [4.69, 9.17) is 18.6 Å². The van der Waals surface area contributed by atoms with Crippen molar-refractivity contribution in [2.45, 2.75) is 27.4 Å². The van der Waals surface area contributed by atoms with E-state index in [2.05, 4.69) is 52.2 Å². The van der Waals surface area contributed by atoms with Crippen LogP contribution < -0.4 is 19.6 Å². The van der Waals surface area contributed by atoms with E-state index in [0.29, 0.717) is 36.9 Å². The maximum absolute atomic E-state index is 12.6. The highest BCUT2D eigenvalue weighted by molar-refractivity contribution is 14.1. The number of hydrogen-bond donors (Lipinski definition) is 1. The number of nitrogens with zero attached hydrogens (tertiary/aromatic N) is 1. The van der Waals surface area contributed by atoms with E-state index >= 15 is 0 Å².